The van der Waals surface area contributed by atoms with E-state index in [9.17, 15) is 5.11 Å². The lowest BCUT2D eigenvalue weighted by Crippen LogP contribution is -2.01. The average molecular weight is 284 g/mol. The third-order valence-corrected chi connectivity index (χ3v) is 3.93. The normalized spacial score (nSPS) is 12.6. The maximum absolute atomic E-state index is 10.6. The van der Waals surface area contributed by atoms with Crippen LogP contribution < -0.4 is 0 Å². The molecule has 0 saturated heterocycles. The molecule has 0 bridgehead atoms. The van der Waals surface area contributed by atoms with E-state index in [1.54, 1.807) is 12.4 Å². The monoisotopic (exact) mass is 283 g/mol. The molecule has 2 aromatic carbocycles. The van der Waals surface area contributed by atoms with Gasteiger partial charge in [-0.3, -0.25) is 4.98 Å². The van der Waals surface area contributed by atoms with E-state index in [4.69, 9.17) is 11.6 Å². The van der Waals surface area contributed by atoms with Gasteiger partial charge in [0.05, 0.1) is 0 Å². The highest BCUT2D eigenvalue weighted by Crippen LogP contribution is 2.30. The second-order valence-electron chi connectivity index (χ2n) is 4.86. The SMILES string of the molecule is Cc1cc(C(O)c2cccc3ccncc23)ccc1Cl. The van der Waals surface area contributed by atoms with Gasteiger partial charge in [-0.05, 0) is 41.1 Å². The molecule has 3 heteroatoms. The molecule has 0 aliphatic carbocycles. The Morgan fingerprint density at radius 1 is 1.15 bits per heavy atom. The first-order chi connectivity index (χ1) is 9.66. The lowest BCUT2D eigenvalue weighted by Gasteiger charge is -2.15. The van der Waals surface area contributed by atoms with E-state index in [2.05, 4.69) is 4.98 Å². The smallest absolute Gasteiger partial charge is 0.105 e. The van der Waals surface area contributed by atoms with Crippen LogP contribution in [0.3, 0.4) is 0 Å². The summed E-state index contributed by atoms with van der Waals surface area (Å²) in [6.45, 7) is 1.93. The fraction of sp³-hybridized carbons (Fsp3) is 0.118. The van der Waals surface area contributed by atoms with Crippen LogP contribution in [0.15, 0.2) is 54.9 Å². The van der Waals surface area contributed by atoms with Gasteiger partial charge in [0, 0.05) is 22.8 Å². The Morgan fingerprint density at radius 2 is 2.00 bits per heavy atom. The molecule has 0 aliphatic rings. The van der Waals surface area contributed by atoms with Gasteiger partial charge in [-0.25, -0.2) is 0 Å². The number of hydrogen-bond acceptors (Lipinski definition) is 2. The van der Waals surface area contributed by atoms with Crippen LogP contribution in [0, 0.1) is 6.92 Å². The van der Waals surface area contributed by atoms with Crippen molar-refractivity contribution in [3.05, 3.63) is 76.6 Å². The quantitative estimate of drug-likeness (QED) is 0.761. The Labute approximate surface area is 122 Å². The van der Waals surface area contributed by atoms with Gasteiger partial charge in [-0.1, -0.05) is 41.9 Å². The Balaban J connectivity index is 2.12. The summed E-state index contributed by atoms with van der Waals surface area (Å²) in [6, 6.07) is 13.4. The number of fused-ring (bicyclic) bond motifs is 1. The van der Waals surface area contributed by atoms with E-state index in [1.807, 2.05) is 49.4 Å². The number of aliphatic hydroxyl groups is 1. The first-order valence-corrected chi connectivity index (χ1v) is 6.81. The summed E-state index contributed by atoms with van der Waals surface area (Å²) < 4.78 is 0. The van der Waals surface area contributed by atoms with Crippen LogP contribution in [0.4, 0.5) is 0 Å². The van der Waals surface area contributed by atoms with E-state index in [0.29, 0.717) is 5.02 Å². The largest absolute Gasteiger partial charge is 0.384 e. The Hall–Kier alpha value is -1.90. The zero-order valence-corrected chi connectivity index (χ0v) is 11.8. The first-order valence-electron chi connectivity index (χ1n) is 6.43. The second kappa shape index (κ2) is 5.23. The molecule has 1 aromatic heterocycles. The molecule has 20 heavy (non-hydrogen) atoms. The topological polar surface area (TPSA) is 33.1 Å². The van der Waals surface area contributed by atoms with Crippen molar-refractivity contribution >= 4 is 22.4 Å². The third-order valence-electron chi connectivity index (χ3n) is 3.51. The number of aliphatic hydroxyl groups excluding tert-OH is 1. The third kappa shape index (κ3) is 2.28. The number of halogens is 1. The average Bonchev–Trinajstić information content (AvgIpc) is 2.49. The fourth-order valence-corrected chi connectivity index (χ4v) is 2.51. The summed E-state index contributed by atoms with van der Waals surface area (Å²) in [5.74, 6) is 0. The minimum atomic E-state index is -0.682. The first kappa shape index (κ1) is 13.1. The molecule has 0 radical (unpaired) electrons. The highest BCUT2D eigenvalue weighted by atomic mass is 35.5. The van der Waals surface area contributed by atoms with Gasteiger partial charge in [0.2, 0.25) is 0 Å². The Bertz CT molecular complexity index is 765. The van der Waals surface area contributed by atoms with Crippen LogP contribution in [0.1, 0.15) is 22.8 Å². The van der Waals surface area contributed by atoms with Crippen molar-refractivity contribution in [3.63, 3.8) is 0 Å². The van der Waals surface area contributed by atoms with E-state index >= 15 is 0 Å². The Morgan fingerprint density at radius 3 is 2.80 bits per heavy atom. The highest BCUT2D eigenvalue weighted by molar-refractivity contribution is 6.31. The van der Waals surface area contributed by atoms with Gasteiger partial charge in [-0.15, -0.1) is 0 Å². The minimum absolute atomic E-state index is 0.682. The van der Waals surface area contributed by atoms with Gasteiger partial charge < -0.3 is 5.11 Å². The number of benzene rings is 2. The van der Waals surface area contributed by atoms with Crippen LogP contribution in [0.25, 0.3) is 10.8 Å². The van der Waals surface area contributed by atoms with Crippen LogP contribution in [-0.4, -0.2) is 10.1 Å². The molecular formula is C17H14ClNO. The van der Waals surface area contributed by atoms with Crippen molar-refractivity contribution in [1.82, 2.24) is 4.98 Å². The number of nitrogens with zero attached hydrogens (tertiary/aromatic N) is 1. The highest BCUT2D eigenvalue weighted by Gasteiger charge is 2.14. The second-order valence-corrected chi connectivity index (χ2v) is 5.26. The molecule has 0 amide bonds. The summed E-state index contributed by atoms with van der Waals surface area (Å²) in [6.07, 6.45) is 2.86. The summed E-state index contributed by atoms with van der Waals surface area (Å²) in [7, 11) is 0. The van der Waals surface area contributed by atoms with E-state index in [-0.39, 0.29) is 0 Å². The number of rotatable bonds is 2. The molecule has 2 nitrogen and oxygen atoms in total. The van der Waals surface area contributed by atoms with Crippen molar-refractivity contribution in [3.8, 4) is 0 Å². The lowest BCUT2D eigenvalue weighted by molar-refractivity contribution is 0.222. The molecule has 1 atom stereocenters. The molecule has 0 aliphatic heterocycles. The summed E-state index contributed by atoms with van der Waals surface area (Å²) in [5.41, 5.74) is 2.65. The molecule has 0 saturated carbocycles. The number of aryl methyl sites for hydroxylation is 1. The molecule has 3 rings (SSSR count). The zero-order chi connectivity index (χ0) is 14.1. The van der Waals surface area contributed by atoms with E-state index in [1.165, 1.54) is 0 Å². The maximum Gasteiger partial charge on any atom is 0.105 e. The Kier molecular flexibility index (Phi) is 3.43. The molecular weight excluding hydrogens is 270 g/mol. The van der Waals surface area contributed by atoms with Gasteiger partial charge in [-0.2, -0.15) is 0 Å². The molecule has 1 heterocycles. The standard InChI is InChI=1S/C17H14ClNO/c1-11-9-13(5-6-16(11)18)17(20)14-4-2-3-12-7-8-19-10-15(12)14/h2-10,17,20H,1H3. The van der Waals surface area contributed by atoms with E-state index in [0.717, 1.165) is 27.5 Å². The molecule has 3 aromatic rings. The predicted octanol–water partition coefficient (Wildman–Crippen LogP) is 4.28. The van der Waals surface area contributed by atoms with Crippen LogP contribution >= 0.6 is 11.6 Å². The number of aromatic nitrogens is 1. The lowest BCUT2D eigenvalue weighted by atomic mass is 9.96. The van der Waals surface area contributed by atoms with Crippen molar-refractivity contribution in [2.45, 2.75) is 13.0 Å². The molecule has 100 valence electrons. The predicted molar refractivity (Wildman–Crippen MR) is 82.0 cm³/mol. The van der Waals surface area contributed by atoms with E-state index < -0.39 is 6.10 Å². The van der Waals surface area contributed by atoms with Gasteiger partial charge in [0.15, 0.2) is 0 Å². The zero-order valence-electron chi connectivity index (χ0n) is 11.0. The summed E-state index contributed by atoms with van der Waals surface area (Å²) >= 11 is 6.03. The molecule has 1 unspecified atom stereocenters. The van der Waals surface area contributed by atoms with Crippen LogP contribution in [-0.2, 0) is 0 Å². The van der Waals surface area contributed by atoms with Gasteiger partial charge >= 0.3 is 0 Å². The molecule has 0 fully saturated rings. The number of hydrogen-bond donors (Lipinski definition) is 1. The molecule has 0 spiro atoms. The minimum Gasteiger partial charge on any atom is -0.384 e. The number of pyridine rings is 1. The molecule has 1 N–H and O–H groups in total. The van der Waals surface area contributed by atoms with Crippen LogP contribution in [0.2, 0.25) is 5.02 Å². The summed E-state index contributed by atoms with van der Waals surface area (Å²) in [5, 5.41) is 13.4. The fourth-order valence-electron chi connectivity index (χ4n) is 2.39. The van der Waals surface area contributed by atoms with Crippen molar-refractivity contribution in [2.24, 2.45) is 0 Å². The van der Waals surface area contributed by atoms with Gasteiger partial charge in [0.1, 0.15) is 6.10 Å². The van der Waals surface area contributed by atoms with Crippen molar-refractivity contribution in [2.75, 3.05) is 0 Å². The summed E-state index contributed by atoms with van der Waals surface area (Å²) in [4.78, 5) is 4.15. The van der Waals surface area contributed by atoms with Crippen molar-refractivity contribution in [1.29, 1.82) is 0 Å². The van der Waals surface area contributed by atoms with Crippen LogP contribution in [0.5, 0.6) is 0 Å². The maximum atomic E-state index is 10.6. The van der Waals surface area contributed by atoms with Gasteiger partial charge in [0.25, 0.3) is 0 Å². The van der Waals surface area contributed by atoms with Crippen molar-refractivity contribution < 1.29 is 5.11 Å².